The van der Waals surface area contributed by atoms with Crippen molar-refractivity contribution < 1.29 is 0 Å². The molecule has 1 aliphatic heterocycles. The molecule has 1 saturated carbocycles. The van der Waals surface area contributed by atoms with Crippen molar-refractivity contribution in [3.63, 3.8) is 0 Å². The summed E-state index contributed by atoms with van der Waals surface area (Å²) in [6, 6.07) is 6.05. The van der Waals surface area contributed by atoms with Crippen LogP contribution in [0.4, 0.5) is 5.69 Å². The second-order valence-corrected chi connectivity index (χ2v) is 7.99. The third-order valence-corrected chi connectivity index (χ3v) is 5.73. The van der Waals surface area contributed by atoms with Gasteiger partial charge in [-0.05, 0) is 37.0 Å². The number of nitrogens with zero attached hydrogens (tertiary/aromatic N) is 7. The Kier molecular flexibility index (Phi) is 4.35. The van der Waals surface area contributed by atoms with Gasteiger partial charge in [-0.2, -0.15) is 0 Å². The first kappa shape index (κ1) is 17.4. The SMILES string of the molecule is Cn1cc(CN2CCN(c3ccc4c(=O)n(CC5CC5)cnc4c3)CC2)nn1. The number of hydrogen-bond donors (Lipinski definition) is 0. The zero-order chi connectivity index (χ0) is 19.1. The Balaban J connectivity index is 1.28. The van der Waals surface area contributed by atoms with E-state index in [2.05, 4.69) is 37.2 Å². The fourth-order valence-electron chi connectivity index (χ4n) is 3.91. The summed E-state index contributed by atoms with van der Waals surface area (Å²) in [6.07, 6.45) is 6.14. The van der Waals surface area contributed by atoms with Crippen molar-refractivity contribution >= 4 is 16.6 Å². The zero-order valence-corrected chi connectivity index (χ0v) is 16.2. The van der Waals surface area contributed by atoms with Crippen molar-refractivity contribution in [1.29, 1.82) is 0 Å². The van der Waals surface area contributed by atoms with Gasteiger partial charge in [0.05, 0.1) is 22.9 Å². The summed E-state index contributed by atoms with van der Waals surface area (Å²) in [4.78, 5) is 22.0. The molecule has 0 N–H and O–H groups in total. The molecule has 2 fully saturated rings. The van der Waals surface area contributed by atoms with E-state index in [9.17, 15) is 4.79 Å². The maximum Gasteiger partial charge on any atom is 0.261 e. The van der Waals surface area contributed by atoms with Gasteiger partial charge >= 0.3 is 0 Å². The number of hydrogen-bond acceptors (Lipinski definition) is 6. The van der Waals surface area contributed by atoms with Gasteiger partial charge < -0.3 is 4.90 Å². The molecule has 1 saturated heterocycles. The van der Waals surface area contributed by atoms with Crippen LogP contribution in [0.25, 0.3) is 10.9 Å². The van der Waals surface area contributed by atoms with Crippen molar-refractivity contribution in [2.45, 2.75) is 25.9 Å². The molecule has 3 heterocycles. The van der Waals surface area contributed by atoms with Crippen LogP contribution < -0.4 is 10.5 Å². The average molecular weight is 379 g/mol. The van der Waals surface area contributed by atoms with E-state index in [1.54, 1.807) is 15.6 Å². The van der Waals surface area contributed by atoms with Crippen LogP contribution in [0.5, 0.6) is 0 Å². The van der Waals surface area contributed by atoms with Gasteiger partial charge in [0.25, 0.3) is 5.56 Å². The van der Waals surface area contributed by atoms with Gasteiger partial charge in [-0.15, -0.1) is 5.10 Å². The second kappa shape index (κ2) is 7.01. The van der Waals surface area contributed by atoms with Crippen LogP contribution in [0.1, 0.15) is 18.5 Å². The third-order valence-electron chi connectivity index (χ3n) is 5.73. The Hall–Kier alpha value is -2.74. The number of anilines is 1. The van der Waals surface area contributed by atoms with Gasteiger partial charge in [0, 0.05) is 58.2 Å². The van der Waals surface area contributed by atoms with Gasteiger partial charge in [-0.1, -0.05) is 5.21 Å². The van der Waals surface area contributed by atoms with E-state index in [0.29, 0.717) is 11.3 Å². The number of benzene rings is 1. The molecule has 5 rings (SSSR count). The summed E-state index contributed by atoms with van der Waals surface area (Å²) in [7, 11) is 1.89. The van der Waals surface area contributed by atoms with Crippen LogP contribution in [0.2, 0.25) is 0 Å². The molecule has 0 radical (unpaired) electrons. The first-order valence-corrected chi connectivity index (χ1v) is 9.97. The topological polar surface area (TPSA) is 72.1 Å². The Morgan fingerprint density at radius 3 is 2.68 bits per heavy atom. The zero-order valence-electron chi connectivity index (χ0n) is 16.2. The summed E-state index contributed by atoms with van der Waals surface area (Å²) in [6.45, 7) is 5.49. The lowest BCUT2D eigenvalue weighted by Gasteiger charge is -2.35. The first-order valence-electron chi connectivity index (χ1n) is 9.97. The summed E-state index contributed by atoms with van der Waals surface area (Å²) >= 11 is 0. The van der Waals surface area contributed by atoms with Gasteiger partial charge in [0.1, 0.15) is 0 Å². The highest BCUT2D eigenvalue weighted by Crippen LogP contribution is 2.30. The minimum Gasteiger partial charge on any atom is -0.369 e. The molecule has 1 aromatic carbocycles. The molecule has 146 valence electrons. The molecule has 0 atom stereocenters. The molecule has 0 spiro atoms. The quantitative estimate of drug-likeness (QED) is 0.665. The summed E-state index contributed by atoms with van der Waals surface area (Å²) in [5, 5.41) is 8.89. The normalized spacial score (nSPS) is 18.1. The number of rotatable bonds is 5. The van der Waals surface area contributed by atoms with E-state index < -0.39 is 0 Å². The Labute approximate surface area is 163 Å². The summed E-state index contributed by atoms with van der Waals surface area (Å²) in [5.74, 6) is 0.661. The van der Waals surface area contributed by atoms with Gasteiger partial charge in [-0.3, -0.25) is 18.9 Å². The molecule has 2 aromatic heterocycles. The van der Waals surface area contributed by atoms with E-state index in [4.69, 9.17) is 0 Å². The van der Waals surface area contributed by atoms with Gasteiger partial charge in [0.15, 0.2) is 0 Å². The van der Waals surface area contributed by atoms with Crippen LogP contribution in [0.15, 0.2) is 35.5 Å². The van der Waals surface area contributed by atoms with E-state index in [-0.39, 0.29) is 5.56 Å². The largest absolute Gasteiger partial charge is 0.369 e. The highest BCUT2D eigenvalue weighted by atomic mass is 16.1. The van der Waals surface area contributed by atoms with Crippen LogP contribution in [-0.2, 0) is 20.1 Å². The van der Waals surface area contributed by atoms with Crippen molar-refractivity contribution in [1.82, 2.24) is 29.4 Å². The number of aromatic nitrogens is 5. The van der Waals surface area contributed by atoms with Crippen LogP contribution >= 0.6 is 0 Å². The minimum absolute atomic E-state index is 0.0808. The standard InChI is InChI=1S/C20H25N7O/c1-24-12-16(22-23-24)13-25-6-8-26(9-7-25)17-4-5-18-19(10-17)21-14-27(20(18)28)11-15-2-3-15/h4-5,10,12,14-15H,2-3,6-9,11,13H2,1H3. The number of fused-ring (bicyclic) bond motifs is 1. The highest BCUT2D eigenvalue weighted by molar-refractivity contribution is 5.81. The molecule has 1 aliphatic carbocycles. The van der Waals surface area contributed by atoms with Crippen molar-refractivity contribution in [3.8, 4) is 0 Å². The average Bonchev–Trinajstić information content (AvgIpc) is 3.44. The maximum atomic E-state index is 12.7. The fraction of sp³-hybridized carbons (Fsp3) is 0.500. The molecule has 2 aliphatic rings. The fourth-order valence-corrected chi connectivity index (χ4v) is 3.91. The number of piperazine rings is 1. The predicted octanol–water partition coefficient (Wildman–Crippen LogP) is 1.26. The molecule has 0 unspecified atom stereocenters. The third kappa shape index (κ3) is 3.52. The summed E-state index contributed by atoms with van der Waals surface area (Å²) in [5.41, 5.74) is 3.01. The highest BCUT2D eigenvalue weighted by Gasteiger charge is 2.23. The van der Waals surface area contributed by atoms with E-state index in [1.807, 2.05) is 19.3 Å². The van der Waals surface area contributed by atoms with E-state index in [1.165, 1.54) is 12.8 Å². The molecule has 3 aromatic rings. The lowest BCUT2D eigenvalue weighted by Crippen LogP contribution is -2.46. The minimum atomic E-state index is 0.0808. The van der Waals surface area contributed by atoms with Gasteiger partial charge in [0.2, 0.25) is 0 Å². The molecular formula is C20H25N7O. The predicted molar refractivity (Wildman–Crippen MR) is 107 cm³/mol. The molecule has 0 bridgehead atoms. The Morgan fingerprint density at radius 1 is 1.14 bits per heavy atom. The Morgan fingerprint density at radius 2 is 1.96 bits per heavy atom. The van der Waals surface area contributed by atoms with E-state index >= 15 is 0 Å². The number of aryl methyl sites for hydroxylation is 1. The second-order valence-electron chi connectivity index (χ2n) is 7.99. The van der Waals surface area contributed by atoms with Crippen LogP contribution in [-0.4, -0.2) is 55.6 Å². The first-order chi connectivity index (χ1) is 13.7. The van der Waals surface area contributed by atoms with Crippen LogP contribution in [0, 0.1) is 5.92 Å². The molecule has 28 heavy (non-hydrogen) atoms. The monoisotopic (exact) mass is 379 g/mol. The van der Waals surface area contributed by atoms with Crippen molar-refractivity contribution in [3.05, 3.63) is 46.8 Å². The van der Waals surface area contributed by atoms with Crippen molar-refractivity contribution in [2.24, 2.45) is 13.0 Å². The molecule has 8 heteroatoms. The Bertz CT molecular complexity index is 1040. The molecule has 0 amide bonds. The lowest BCUT2D eigenvalue weighted by atomic mass is 10.2. The van der Waals surface area contributed by atoms with E-state index in [0.717, 1.165) is 56.2 Å². The van der Waals surface area contributed by atoms with Crippen LogP contribution in [0.3, 0.4) is 0 Å². The summed E-state index contributed by atoms with van der Waals surface area (Å²) < 4.78 is 3.51. The lowest BCUT2D eigenvalue weighted by molar-refractivity contribution is 0.247. The molecule has 8 nitrogen and oxygen atoms in total. The maximum absolute atomic E-state index is 12.7. The molecular weight excluding hydrogens is 354 g/mol. The smallest absolute Gasteiger partial charge is 0.261 e. The van der Waals surface area contributed by atoms with Crippen molar-refractivity contribution in [2.75, 3.05) is 31.1 Å². The van der Waals surface area contributed by atoms with Gasteiger partial charge in [-0.25, -0.2) is 4.98 Å².